The topological polar surface area (TPSA) is 54.2 Å². The third kappa shape index (κ3) is 10.7. The lowest BCUT2D eigenvalue weighted by atomic mass is 9.91. The van der Waals surface area contributed by atoms with Crippen molar-refractivity contribution in [2.24, 2.45) is 11.8 Å². The fraction of sp³-hybridized carbons (Fsp3) is 0.562. The van der Waals surface area contributed by atoms with E-state index in [0.717, 1.165) is 29.8 Å². The molecule has 3 unspecified atom stereocenters. The van der Waals surface area contributed by atoms with Crippen LogP contribution in [-0.2, 0) is 13.2 Å². The van der Waals surface area contributed by atoms with Gasteiger partial charge >= 0.3 is 0 Å². The van der Waals surface area contributed by atoms with E-state index < -0.39 is 0 Å². The fourth-order valence-corrected chi connectivity index (χ4v) is 4.60. The highest BCUT2D eigenvalue weighted by atomic mass is 16.3. The number of aliphatic hydroxyl groups is 1. The van der Waals surface area contributed by atoms with Gasteiger partial charge < -0.3 is 9.67 Å². The molecule has 2 heterocycles. The lowest BCUT2D eigenvalue weighted by Crippen LogP contribution is -2.28. The maximum atomic E-state index is 8.50. The SMILES string of the molecule is CCC(C)C1CCN(C(C)c2nncn2Cc2ccccc2)C1.CCCCCC.OCc1cc#ccc1. The average Bonchev–Trinajstić information content (AvgIpc) is 3.63. The van der Waals surface area contributed by atoms with Gasteiger partial charge in [-0.25, -0.2) is 0 Å². The Kier molecular flexibility index (Phi) is 14.6. The predicted octanol–water partition coefficient (Wildman–Crippen LogP) is 7.12. The van der Waals surface area contributed by atoms with E-state index in [4.69, 9.17) is 5.11 Å². The summed E-state index contributed by atoms with van der Waals surface area (Å²) in [4.78, 5) is 2.57. The molecule has 1 aromatic heterocycles. The maximum absolute atomic E-state index is 8.50. The Balaban J connectivity index is 0.000000282. The van der Waals surface area contributed by atoms with Gasteiger partial charge in [0.15, 0.2) is 0 Å². The van der Waals surface area contributed by atoms with Crippen LogP contribution in [0.15, 0.2) is 54.9 Å². The molecular formula is C32H48N4O. The van der Waals surface area contributed by atoms with Crippen molar-refractivity contribution in [3.8, 4) is 0 Å². The van der Waals surface area contributed by atoms with Crippen LogP contribution in [0.2, 0.25) is 0 Å². The van der Waals surface area contributed by atoms with Crippen molar-refractivity contribution in [2.75, 3.05) is 13.1 Å². The van der Waals surface area contributed by atoms with Crippen LogP contribution in [0.3, 0.4) is 0 Å². The molecule has 0 aliphatic carbocycles. The van der Waals surface area contributed by atoms with Crippen LogP contribution in [-0.4, -0.2) is 37.9 Å². The largest absolute Gasteiger partial charge is 0.392 e. The lowest BCUT2D eigenvalue weighted by Gasteiger charge is -2.25. The Morgan fingerprint density at radius 1 is 1.00 bits per heavy atom. The van der Waals surface area contributed by atoms with Crippen LogP contribution in [0.1, 0.15) is 96.1 Å². The van der Waals surface area contributed by atoms with Crippen molar-refractivity contribution in [3.05, 3.63) is 83.9 Å². The molecule has 3 atom stereocenters. The Morgan fingerprint density at radius 2 is 1.73 bits per heavy atom. The van der Waals surface area contributed by atoms with Gasteiger partial charge in [0.2, 0.25) is 0 Å². The molecule has 1 fully saturated rings. The van der Waals surface area contributed by atoms with Gasteiger partial charge in [-0.2, -0.15) is 0 Å². The Morgan fingerprint density at radius 3 is 2.30 bits per heavy atom. The molecule has 5 heteroatoms. The van der Waals surface area contributed by atoms with Crippen molar-refractivity contribution >= 4 is 0 Å². The minimum absolute atomic E-state index is 0.0885. The third-order valence-corrected chi connectivity index (χ3v) is 7.33. The first-order chi connectivity index (χ1) is 18.0. The average molecular weight is 505 g/mol. The van der Waals surface area contributed by atoms with E-state index in [1.165, 1.54) is 57.2 Å². The summed E-state index contributed by atoms with van der Waals surface area (Å²) in [5.41, 5.74) is 2.17. The normalized spacial score (nSPS) is 16.5. The van der Waals surface area contributed by atoms with Crippen LogP contribution >= 0.6 is 0 Å². The zero-order chi connectivity index (χ0) is 26.9. The summed E-state index contributed by atoms with van der Waals surface area (Å²) in [7, 11) is 0. The number of nitrogens with zero attached hydrogens (tertiary/aromatic N) is 4. The molecule has 1 N–H and O–H groups in total. The van der Waals surface area contributed by atoms with Crippen molar-refractivity contribution in [3.63, 3.8) is 0 Å². The molecule has 4 rings (SSSR count). The molecule has 0 bridgehead atoms. The molecule has 1 aliphatic rings. The van der Waals surface area contributed by atoms with Gasteiger partial charge in [0.1, 0.15) is 12.2 Å². The van der Waals surface area contributed by atoms with Gasteiger partial charge in [0.25, 0.3) is 0 Å². The number of rotatable bonds is 10. The molecule has 1 aliphatic heterocycles. The summed E-state index contributed by atoms with van der Waals surface area (Å²) >= 11 is 0. The summed E-state index contributed by atoms with van der Waals surface area (Å²) in [6, 6.07) is 21.6. The zero-order valence-corrected chi connectivity index (χ0v) is 23.7. The Labute approximate surface area is 226 Å². The number of aliphatic hydroxyl groups excluding tert-OH is 1. The molecule has 202 valence electrons. The minimum atomic E-state index is 0.0885. The van der Waals surface area contributed by atoms with E-state index >= 15 is 0 Å². The lowest BCUT2D eigenvalue weighted by molar-refractivity contribution is 0.225. The minimum Gasteiger partial charge on any atom is -0.392 e. The van der Waals surface area contributed by atoms with Gasteiger partial charge in [-0.1, -0.05) is 102 Å². The quantitative estimate of drug-likeness (QED) is 0.299. The van der Waals surface area contributed by atoms with Crippen molar-refractivity contribution in [1.82, 2.24) is 19.7 Å². The first-order valence-electron chi connectivity index (χ1n) is 14.2. The highest BCUT2D eigenvalue weighted by Gasteiger charge is 2.31. The number of unbranched alkanes of at least 4 members (excludes halogenated alkanes) is 3. The van der Waals surface area contributed by atoms with E-state index in [9.17, 15) is 0 Å². The van der Waals surface area contributed by atoms with E-state index in [2.05, 4.69) is 96.7 Å². The third-order valence-electron chi connectivity index (χ3n) is 7.33. The van der Waals surface area contributed by atoms with E-state index in [0.29, 0.717) is 6.04 Å². The summed E-state index contributed by atoms with van der Waals surface area (Å²) in [6.45, 7) is 14.7. The summed E-state index contributed by atoms with van der Waals surface area (Å²) < 4.78 is 2.19. The summed E-state index contributed by atoms with van der Waals surface area (Å²) in [5, 5.41) is 17.1. The van der Waals surface area contributed by atoms with Crippen LogP contribution in [0.5, 0.6) is 0 Å². The van der Waals surface area contributed by atoms with E-state index in [-0.39, 0.29) is 6.61 Å². The molecule has 2 aromatic carbocycles. The molecule has 3 aromatic rings. The van der Waals surface area contributed by atoms with Gasteiger partial charge in [0, 0.05) is 6.54 Å². The summed E-state index contributed by atoms with van der Waals surface area (Å²) in [6.07, 6.45) is 9.99. The van der Waals surface area contributed by atoms with Crippen molar-refractivity contribution < 1.29 is 5.11 Å². The van der Waals surface area contributed by atoms with Gasteiger partial charge in [0.05, 0.1) is 19.2 Å². The molecule has 0 saturated carbocycles. The highest BCUT2D eigenvalue weighted by molar-refractivity contribution is 5.16. The number of aromatic nitrogens is 3. The number of benzene rings is 1. The number of hydrogen-bond acceptors (Lipinski definition) is 4. The van der Waals surface area contributed by atoms with Crippen LogP contribution in [0.25, 0.3) is 0 Å². The first kappa shape index (κ1) is 30.5. The van der Waals surface area contributed by atoms with Crippen molar-refractivity contribution in [2.45, 2.75) is 92.3 Å². The molecule has 37 heavy (non-hydrogen) atoms. The number of likely N-dealkylation sites (tertiary alicyclic amines) is 1. The van der Waals surface area contributed by atoms with Gasteiger partial charge in [-0.05, 0) is 61.1 Å². The Hall–Kier alpha value is -2.68. The fourth-order valence-electron chi connectivity index (χ4n) is 4.60. The van der Waals surface area contributed by atoms with Crippen LogP contribution < -0.4 is 0 Å². The maximum Gasteiger partial charge on any atom is 0.150 e. The van der Waals surface area contributed by atoms with E-state index in [1.807, 2.05) is 6.33 Å². The van der Waals surface area contributed by atoms with E-state index in [1.54, 1.807) is 18.2 Å². The molecular weight excluding hydrogens is 456 g/mol. The predicted molar refractivity (Wildman–Crippen MR) is 153 cm³/mol. The van der Waals surface area contributed by atoms with Gasteiger partial charge in [-0.3, -0.25) is 4.90 Å². The number of hydrogen-bond donors (Lipinski definition) is 1. The molecule has 0 radical (unpaired) electrons. The molecule has 0 amide bonds. The van der Waals surface area contributed by atoms with Gasteiger partial charge in [-0.15, -0.1) is 10.2 Å². The smallest absolute Gasteiger partial charge is 0.150 e. The standard InChI is InChI=1S/C19H28N4.C7H6O.C6H14/c1-4-15(2)18-10-11-22(13-18)16(3)19-21-20-14-23(19)12-17-8-6-5-7-9-17;8-6-7-4-2-1-3-5-7;1-3-5-6-4-2/h5-9,14-16,18H,4,10-13H2,1-3H3;2,4-5,8H,6H2;3-6H2,1-2H3. The monoisotopic (exact) mass is 504 g/mol. The van der Waals surface area contributed by atoms with Crippen molar-refractivity contribution in [1.29, 1.82) is 0 Å². The second kappa shape index (κ2) is 17.7. The first-order valence-corrected chi connectivity index (χ1v) is 14.2. The molecule has 1 saturated heterocycles. The Bertz CT molecular complexity index is 940. The summed E-state index contributed by atoms with van der Waals surface area (Å²) in [5.74, 6) is 2.72. The molecule has 0 spiro atoms. The van der Waals surface area contributed by atoms with Crippen LogP contribution in [0, 0.1) is 24.0 Å². The highest BCUT2D eigenvalue weighted by Crippen LogP contribution is 2.31. The zero-order valence-electron chi connectivity index (χ0n) is 23.7. The molecule has 5 nitrogen and oxygen atoms in total. The second-order valence-corrected chi connectivity index (χ2v) is 10.1. The second-order valence-electron chi connectivity index (χ2n) is 10.1. The van der Waals surface area contributed by atoms with Crippen LogP contribution in [0.4, 0.5) is 0 Å².